The average Bonchev–Trinajstić information content (AvgIpc) is 1.88. The molecule has 0 aromatic rings. The van der Waals surface area contributed by atoms with Gasteiger partial charge in [-0.3, -0.25) is 0 Å². The quantitative estimate of drug-likeness (QED) is 0.469. The molecule has 0 aliphatic heterocycles. The minimum absolute atomic E-state index is 0.683. The van der Waals surface area contributed by atoms with Gasteiger partial charge >= 0.3 is 0 Å². The molecule has 3 aliphatic carbocycles. The van der Waals surface area contributed by atoms with Crippen LogP contribution in [0.5, 0.6) is 0 Å². The summed E-state index contributed by atoms with van der Waals surface area (Å²) in [6.07, 6.45) is 10.5. The molecule has 0 saturated heterocycles. The first kappa shape index (κ1) is 5.52. The van der Waals surface area contributed by atoms with E-state index in [0.717, 1.165) is 5.92 Å². The van der Waals surface area contributed by atoms with E-state index < -0.39 is 0 Å². The Balaban J connectivity index is 2.17. The average molecular weight is 122 g/mol. The summed E-state index contributed by atoms with van der Waals surface area (Å²) >= 11 is 0. The molecule has 1 saturated carbocycles. The maximum Gasteiger partial charge on any atom is -0.0115 e. The van der Waals surface area contributed by atoms with Gasteiger partial charge in [0, 0.05) is 0 Å². The highest BCUT2D eigenvalue weighted by Crippen LogP contribution is 2.53. The van der Waals surface area contributed by atoms with Crippen LogP contribution in [0, 0.1) is 11.3 Å². The molecule has 3 aliphatic rings. The van der Waals surface area contributed by atoms with Crippen LogP contribution in [0.3, 0.4) is 0 Å². The fraction of sp³-hybridized carbons (Fsp3) is 0.778. The molecule has 0 unspecified atom stereocenters. The maximum atomic E-state index is 2.45. The third-order valence-corrected chi connectivity index (χ3v) is 3.04. The van der Waals surface area contributed by atoms with E-state index in [4.69, 9.17) is 0 Å². The topological polar surface area (TPSA) is 0 Å². The molecule has 0 nitrogen and oxygen atoms in total. The van der Waals surface area contributed by atoms with Crippen molar-refractivity contribution in [1.82, 2.24) is 0 Å². The van der Waals surface area contributed by atoms with Crippen LogP contribution < -0.4 is 0 Å². The van der Waals surface area contributed by atoms with Gasteiger partial charge in [0.15, 0.2) is 0 Å². The van der Waals surface area contributed by atoms with E-state index >= 15 is 0 Å². The highest BCUT2D eigenvalue weighted by molar-refractivity contribution is 5.13. The van der Waals surface area contributed by atoms with Gasteiger partial charge in [0.25, 0.3) is 0 Å². The maximum absolute atomic E-state index is 2.45. The van der Waals surface area contributed by atoms with E-state index in [1.54, 1.807) is 0 Å². The van der Waals surface area contributed by atoms with Crippen molar-refractivity contribution in [3.05, 3.63) is 12.2 Å². The minimum atomic E-state index is 0.683. The molecule has 0 spiro atoms. The van der Waals surface area contributed by atoms with Crippen molar-refractivity contribution < 1.29 is 0 Å². The first-order valence-electron chi connectivity index (χ1n) is 4.02. The van der Waals surface area contributed by atoms with Crippen molar-refractivity contribution in [1.29, 1.82) is 0 Å². The first-order chi connectivity index (χ1) is 4.35. The van der Waals surface area contributed by atoms with Gasteiger partial charge in [-0.05, 0) is 37.0 Å². The van der Waals surface area contributed by atoms with Crippen LogP contribution in [-0.4, -0.2) is 0 Å². The Bertz CT molecular complexity index is 138. The zero-order valence-corrected chi connectivity index (χ0v) is 6.06. The second-order valence-corrected chi connectivity index (χ2v) is 3.63. The molecule has 0 aromatic heterocycles. The molecule has 50 valence electrons. The number of hydrogen-bond donors (Lipinski definition) is 0. The Morgan fingerprint density at radius 3 is 2.67 bits per heavy atom. The zero-order valence-electron chi connectivity index (χ0n) is 6.06. The predicted octanol–water partition coefficient (Wildman–Crippen LogP) is 2.75. The van der Waals surface area contributed by atoms with E-state index in [1.165, 1.54) is 25.7 Å². The third-order valence-electron chi connectivity index (χ3n) is 3.04. The van der Waals surface area contributed by atoms with Gasteiger partial charge in [-0.15, -0.1) is 0 Å². The molecular weight excluding hydrogens is 108 g/mol. The summed E-state index contributed by atoms with van der Waals surface area (Å²) in [4.78, 5) is 0. The second-order valence-electron chi connectivity index (χ2n) is 3.63. The summed E-state index contributed by atoms with van der Waals surface area (Å²) < 4.78 is 0. The monoisotopic (exact) mass is 122 g/mol. The van der Waals surface area contributed by atoms with Crippen molar-refractivity contribution in [2.75, 3.05) is 0 Å². The Morgan fingerprint density at radius 1 is 1.56 bits per heavy atom. The van der Waals surface area contributed by atoms with Crippen molar-refractivity contribution in [2.45, 2.75) is 32.6 Å². The first-order valence-corrected chi connectivity index (χ1v) is 4.02. The molecule has 9 heavy (non-hydrogen) atoms. The Hall–Kier alpha value is -0.260. The fourth-order valence-electron chi connectivity index (χ4n) is 2.31. The highest BCUT2D eigenvalue weighted by Gasteiger charge is 2.42. The Morgan fingerprint density at radius 2 is 2.33 bits per heavy atom. The summed E-state index contributed by atoms with van der Waals surface area (Å²) in [7, 11) is 0. The molecule has 3 rings (SSSR count). The van der Waals surface area contributed by atoms with Gasteiger partial charge in [0.2, 0.25) is 0 Å². The van der Waals surface area contributed by atoms with Gasteiger partial charge in [0.05, 0.1) is 0 Å². The van der Waals surface area contributed by atoms with Crippen LogP contribution in [-0.2, 0) is 0 Å². The van der Waals surface area contributed by atoms with Crippen molar-refractivity contribution in [3.8, 4) is 0 Å². The van der Waals surface area contributed by atoms with Crippen LogP contribution in [0.4, 0.5) is 0 Å². The Kier molecular flexibility index (Phi) is 0.992. The zero-order chi connectivity index (χ0) is 6.32. The van der Waals surface area contributed by atoms with Crippen molar-refractivity contribution >= 4 is 0 Å². The predicted molar refractivity (Wildman–Crippen MR) is 39.2 cm³/mol. The smallest absolute Gasteiger partial charge is 0.0115 e. The fourth-order valence-corrected chi connectivity index (χ4v) is 2.31. The van der Waals surface area contributed by atoms with Gasteiger partial charge < -0.3 is 0 Å². The largest absolute Gasteiger partial charge is 0.0877 e. The van der Waals surface area contributed by atoms with Crippen LogP contribution in [0.1, 0.15) is 32.6 Å². The van der Waals surface area contributed by atoms with Crippen molar-refractivity contribution in [3.63, 3.8) is 0 Å². The van der Waals surface area contributed by atoms with Crippen molar-refractivity contribution in [2.24, 2.45) is 11.3 Å². The lowest BCUT2D eigenvalue weighted by Gasteiger charge is -2.48. The summed E-state index contributed by atoms with van der Waals surface area (Å²) in [5, 5.41) is 0. The Labute approximate surface area is 57.0 Å². The van der Waals surface area contributed by atoms with Gasteiger partial charge in [0.1, 0.15) is 0 Å². The summed E-state index contributed by atoms with van der Waals surface area (Å²) in [5.74, 6) is 1.06. The van der Waals surface area contributed by atoms with E-state index in [-0.39, 0.29) is 0 Å². The normalized spacial score (nSPS) is 46.6. The molecule has 0 radical (unpaired) electrons. The summed E-state index contributed by atoms with van der Waals surface area (Å²) in [6, 6.07) is 0. The highest BCUT2D eigenvalue weighted by atomic mass is 14.5. The van der Waals surface area contributed by atoms with Gasteiger partial charge in [-0.25, -0.2) is 0 Å². The molecule has 0 aromatic carbocycles. The molecule has 2 bridgehead atoms. The lowest BCUT2D eigenvalue weighted by atomic mass is 9.56. The molecule has 0 heteroatoms. The number of rotatable bonds is 1. The number of allylic oxidation sites excluding steroid dienone is 2. The van der Waals surface area contributed by atoms with E-state index in [9.17, 15) is 0 Å². The number of fused-ring (bicyclic) bond motifs is 1. The van der Waals surface area contributed by atoms with Crippen LogP contribution >= 0.6 is 0 Å². The summed E-state index contributed by atoms with van der Waals surface area (Å²) in [6.45, 7) is 2.31. The molecule has 0 amide bonds. The minimum Gasteiger partial charge on any atom is -0.0877 e. The third kappa shape index (κ3) is 0.654. The lowest BCUT2D eigenvalue weighted by molar-refractivity contribution is 0.0908. The number of hydrogen-bond acceptors (Lipinski definition) is 0. The van der Waals surface area contributed by atoms with E-state index in [0.29, 0.717) is 5.41 Å². The molecule has 0 atom stereocenters. The summed E-state index contributed by atoms with van der Waals surface area (Å²) in [5.41, 5.74) is 0.683. The molecular formula is C9H14. The molecule has 0 heterocycles. The van der Waals surface area contributed by atoms with Crippen LogP contribution in [0.15, 0.2) is 12.2 Å². The molecule has 1 fully saturated rings. The SMILES string of the molecule is CCC12C=CCC(C1)C2. The van der Waals surface area contributed by atoms with Crippen LogP contribution in [0.25, 0.3) is 0 Å². The molecule has 0 N–H and O–H groups in total. The standard InChI is InChI=1S/C9H14/c1-2-9-5-3-4-8(6-9)7-9/h3,5,8H,2,4,6-7H2,1H3. The van der Waals surface area contributed by atoms with E-state index in [1.807, 2.05) is 0 Å². The van der Waals surface area contributed by atoms with E-state index in [2.05, 4.69) is 19.1 Å². The van der Waals surface area contributed by atoms with Gasteiger partial charge in [-0.1, -0.05) is 19.1 Å². The second kappa shape index (κ2) is 1.62. The van der Waals surface area contributed by atoms with Gasteiger partial charge in [-0.2, -0.15) is 0 Å². The van der Waals surface area contributed by atoms with Crippen LogP contribution in [0.2, 0.25) is 0 Å². The lowest BCUT2D eigenvalue weighted by Crippen LogP contribution is -2.37.